The predicted octanol–water partition coefficient (Wildman–Crippen LogP) is 3.08. The van der Waals surface area contributed by atoms with Gasteiger partial charge in [-0.2, -0.15) is 0 Å². The van der Waals surface area contributed by atoms with E-state index in [1.165, 1.54) is 19.4 Å². The Bertz CT molecular complexity index is 1020. The molecule has 0 aliphatic carbocycles. The van der Waals surface area contributed by atoms with Crippen molar-refractivity contribution in [2.75, 3.05) is 12.4 Å². The van der Waals surface area contributed by atoms with Gasteiger partial charge in [0.1, 0.15) is 22.9 Å². The second kappa shape index (κ2) is 6.35. The zero-order valence-corrected chi connectivity index (χ0v) is 13.5. The lowest BCUT2D eigenvalue weighted by atomic mass is 10.1. The number of benzene rings is 2. The van der Waals surface area contributed by atoms with Gasteiger partial charge in [-0.25, -0.2) is 8.78 Å². The van der Waals surface area contributed by atoms with Crippen LogP contribution in [-0.4, -0.2) is 17.6 Å². The fourth-order valence-corrected chi connectivity index (χ4v) is 2.58. The lowest BCUT2D eigenvalue weighted by Crippen LogP contribution is -2.23. The van der Waals surface area contributed by atoms with Crippen LogP contribution in [0.25, 0.3) is 10.9 Å². The fourth-order valence-electron chi connectivity index (χ4n) is 2.58. The largest absolute Gasteiger partial charge is 0.497 e. The highest BCUT2D eigenvalue weighted by Gasteiger charge is 2.16. The highest BCUT2D eigenvalue weighted by molar-refractivity contribution is 6.05. The van der Waals surface area contributed by atoms with Crippen molar-refractivity contribution in [3.05, 3.63) is 70.0 Å². The molecule has 128 valence electrons. The Morgan fingerprint density at radius 1 is 1.12 bits per heavy atom. The van der Waals surface area contributed by atoms with Crippen LogP contribution in [0.4, 0.5) is 14.5 Å². The van der Waals surface area contributed by atoms with E-state index in [0.29, 0.717) is 22.7 Å². The van der Waals surface area contributed by atoms with E-state index in [1.54, 1.807) is 23.7 Å². The van der Waals surface area contributed by atoms with Gasteiger partial charge in [-0.15, -0.1) is 0 Å². The molecule has 1 aromatic heterocycles. The first-order valence-electron chi connectivity index (χ1n) is 7.34. The van der Waals surface area contributed by atoms with Gasteiger partial charge in [0.25, 0.3) is 5.91 Å². The molecule has 0 unspecified atom stereocenters. The number of fused-ring (bicyclic) bond motifs is 1. The Hall–Kier alpha value is -3.22. The van der Waals surface area contributed by atoms with E-state index < -0.39 is 23.0 Å². The number of aryl methyl sites for hydroxylation is 1. The summed E-state index contributed by atoms with van der Waals surface area (Å²) in [5.74, 6) is -1.93. The summed E-state index contributed by atoms with van der Waals surface area (Å²) in [4.78, 5) is 25.0. The van der Waals surface area contributed by atoms with Crippen LogP contribution in [0.1, 0.15) is 10.4 Å². The number of anilines is 1. The lowest BCUT2D eigenvalue weighted by Gasteiger charge is -2.11. The summed E-state index contributed by atoms with van der Waals surface area (Å²) in [6.45, 7) is 0. The summed E-state index contributed by atoms with van der Waals surface area (Å²) in [5.41, 5.74) is -0.0938. The molecule has 0 bridgehead atoms. The molecule has 3 aromatic rings. The van der Waals surface area contributed by atoms with E-state index in [2.05, 4.69) is 5.32 Å². The number of ether oxygens (including phenoxy) is 1. The molecule has 0 spiro atoms. The third-order valence-electron chi connectivity index (χ3n) is 3.76. The zero-order valence-electron chi connectivity index (χ0n) is 13.5. The second-order valence-electron chi connectivity index (χ2n) is 5.48. The second-order valence-corrected chi connectivity index (χ2v) is 5.48. The number of amides is 1. The molecular weight excluding hydrogens is 330 g/mol. The molecule has 7 heteroatoms. The van der Waals surface area contributed by atoms with Gasteiger partial charge in [-0.3, -0.25) is 9.59 Å². The van der Waals surface area contributed by atoms with Gasteiger partial charge in [0.15, 0.2) is 0 Å². The summed E-state index contributed by atoms with van der Waals surface area (Å²) >= 11 is 0. The van der Waals surface area contributed by atoms with Crippen LogP contribution in [0, 0.1) is 11.6 Å². The quantitative estimate of drug-likeness (QED) is 0.794. The van der Waals surface area contributed by atoms with Crippen molar-refractivity contribution < 1.29 is 18.3 Å². The molecule has 25 heavy (non-hydrogen) atoms. The number of rotatable bonds is 3. The number of pyridine rings is 1. The minimum atomic E-state index is -0.827. The van der Waals surface area contributed by atoms with Gasteiger partial charge in [0.2, 0.25) is 5.43 Å². The molecular formula is C18H14F2N2O3. The highest BCUT2D eigenvalue weighted by atomic mass is 19.1. The summed E-state index contributed by atoms with van der Waals surface area (Å²) < 4.78 is 33.2. The van der Waals surface area contributed by atoms with Gasteiger partial charge in [-0.05, 0) is 30.3 Å². The van der Waals surface area contributed by atoms with E-state index >= 15 is 0 Å². The smallest absolute Gasteiger partial charge is 0.261 e. The van der Waals surface area contributed by atoms with E-state index in [0.717, 1.165) is 12.1 Å². The SMILES string of the molecule is COc1ccc2c(c1)c(=O)c(C(=O)Nc1cc(F)cc(F)c1)cn2C. The maximum atomic E-state index is 13.2. The van der Waals surface area contributed by atoms with Crippen LogP contribution >= 0.6 is 0 Å². The number of hydrogen-bond donors (Lipinski definition) is 1. The van der Waals surface area contributed by atoms with E-state index in [4.69, 9.17) is 4.74 Å². The first kappa shape index (κ1) is 16.6. The van der Waals surface area contributed by atoms with Crippen LogP contribution in [0.2, 0.25) is 0 Å². The third-order valence-corrected chi connectivity index (χ3v) is 3.76. The van der Waals surface area contributed by atoms with Crippen molar-refractivity contribution in [1.29, 1.82) is 0 Å². The van der Waals surface area contributed by atoms with Crippen LogP contribution < -0.4 is 15.5 Å². The molecule has 0 atom stereocenters. The van der Waals surface area contributed by atoms with Crippen LogP contribution in [0.5, 0.6) is 5.75 Å². The van der Waals surface area contributed by atoms with Crippen molar-refractivity contribution in [3.8, 4) is 5.75 Å². The topological polar surface area (TPSA) is 60.3 Å². The van der Waals surface area contributed by atoms with Crippen molar-refractivity contribution >= 4 is 22.5 Å². The number of methoxy groups -OCH3 is 1. The first-order valence-corrected chi connectivity index (χ1v) is 7.34. The summed E-state index contributed by atoms with van der Waals surface area (Å²) in [5, 5.41) is 2.64. The molecule has 5 nitrogen and oxygen atoms in total. The molecule has 0 fully saturated rings. The normalized spacial score (nSPS) is 10.7. The Morgan fingerprint density at radius 3 is 2.44 bits per heavy atom. The average Bonchev–Trinajstić information content (AvgIpc) is 2.56. The Labute approximate surface area is 141 Å². The van der Waals surface area contributed by atoms with Gasteiger partial charge < -0.3 is 14.6 Å². The van der Waals surface area contributed by atoms with Gasteiger partial charge in [0, 0.05) is 25.0 Å². The minimum absolute atomic E-state index is 0.0738. The maximum Gasteiger partial charge on any atom is 0.261 e. The number of carbonyl (C=O) groups excluding carboxylic acids is 1. The van der Waals surface area contributed by atoms with Crippen molar-refractivity contribution in [2.24, 2.45) is 7.05 Å². The molecule has 0 saturated carbocycles. The number of carbonyl (C=O) groups is 1. The Morgan fingerprint density at radius 2 is 1.80 bits per heavy atom. The standard InChI is InChI=1S/C18H14F2N2O3/c1-22-9-15(17(23)14-8-13(25-2)3-4-16(14)22)18(24)21-12-6-10(19)5-11(20)7-12/h3-9H,1-2H3,(H,21,24). The third kappa shape index (κ3) is 3.21. The van der Waals surface area contributed by atoms with Crippen molar-refractivity contribution in [1.82, 2.24) is 4.57 Å². The fraction of sp³-hybridized carbons (Fsp3) is 0.111. The number of nitrogens with zero attached hydrogens (tertiary/aromatic N) is 1. The summed E-state index contributed by atoms with van der Waals surface area (Å²) in [6.07, 6.45) is 1.38. The summed E-state index contributed by atoms with van der Waals surface area (Å²) in [7, 11) is 3.16. The summed E-state index contributed by atoms with van der Waals surface area (Å²) in [6, 6.07) is 7.58. The van der Waals surface area contributed by atoms with Crippen LogP contribution in [-0.2, 0) is 7.05 Å². The number of nitrogens with one attached hydrogen (secondary N) is 1. The molecule has 1 N–H and O–H groups in total. The monoisotopic (exact) mass is 344 g/mol. The molecule has 1 amide bonds. The Balaban J connectivity index is 2.07. The van der Waals surface area contributed by atoms with Crippen LogP contribution in [0.3, 0.4) is 0 Å². The van der Waals surface area contributed by atoms with Crippen molar-refractivity contribution in [3.63, 3.8) is 0 Å². The molecule has 0 aliphatic heterocycles. The first-order chi connectivity index (χ1) is 11.9. The maximum absolute atomic E-state index is 13.2. The molecule has 1 heterocycles. The highest BCUT2D eigenvalue weighted by Crippen LogP contribution is 2.19. The number of halogens is 2. The average molecular weight is 344 g/mol. The zero-order chi connectivity index (χ0) is 18.1. The molecule has 0 radical (unpaired) electrons. The van der Waals surface area contributed by atoms with Crippen molar-refractivity contribution in [2.45, 2.75) is 0 Å². The molecule has 3 rings (SSSR count). The van der Waals surface area contributed by atoms with Gasteiger partial charge >= 0.3 is 0 Å². The number of aromatic nitrogens is 1. The molecule has 2 aromatic carbocycles. The van der Waals surface area contributed by atoms with Gasteiger partial charge in [0.05, 0.1) is 18.0 Å². The number of hydrogen-bond acceptors (Lipinski definition) is 3. The molecule has 0 aliphatic rings. The lowest BCUT2D eigenvalue weighted by molar-refractivity contribution is 0.102. The van der Waals surface area contributed by atoms with Crippen LogP contribution in [0.15, 0.2) is 47.4 Å². The van der Waals surface area contributed by atoms with E-state index in [-0.39, 0.29) is 11.3 Å². The molecule has 0 saturated heterocycles. The Kier molecular flexibility index (Phi) is 4.22. The predicted molar refractivity (Wildman–Crippen MR) is 90.1 cm³/mol. The van der Waals surface area contributed by atoms with Gasteiger partial charge in [-0.1, -0.05) is 0 Å². The van der Waals surface area contributed by atoms with E-state index in [9.17, 15) is 18.4 Å². The van der Waals surface area contributed by atoms with E-state index in [1.807, 2.05) is 0 Å². The minimum Gasteiger partial charge on any atom is -0.497 e.